The summed E-state index contributed by atoms with van der Waals surface area (Å²) in [6, 6.07) is 28.0. The van der Waals surface area contributed by atoms with Crippen LogP contribution in [-0.4, -0.2) is 25.2 Å². The highest BCUT2D eigenvalue weighted by molar-refractivity contribution is 7.89. The molecule has 1 heterocycles. The Bertz CT molecular complexity index is 1400. The molecule has 0 atom stereocenters. The summed E-state index contributed by atoms with van der Waals surface area (Å²) in [5, 5.41) is 4.05. The lowest BCUT2D eigenvalue weighted by atomic mass is 10.1. The Morgan fingerprint density at radius 1 is 0.750 bits per heavy atom. The van der Waals surface area contributed by atoms with Gasteiger partial charge in [0.15, 0.2) is 0 Å². The Hall–Kier alpha value is -3.48. The lowest BCUT2D eigenvalue weighted by Gasteiger charge is -2.23. The summed E-state index contributed by atoms with van der Waals surface area (Å²) in [6.07, 6.45) is 0.605. The van der Waals surface area contributed by atoms with Crippen LogP contribution in [0.5, 0.6) is 0 Å². The molecule has 6 heteroatoms. The first-order valence-electron chi connectivity index (χ1n) is 10.5. The summed E-state index contributed by atoms with van der Waals surface area (Å²) in [5.41, 5.74) is 3.16. The lowest BCUT2D eigenvalue weighted by Crippen LogP contribution is -2.32. The molecular weight excluding hydrogens is 420 g/mol. The fourth-order valence-corrected chi connectivity index (χ4v) is 5.81. The molecule has 4 aromatic rings. The highest BCUT2D eigenvalue weighted by Crippen LogP contribution is 2.37. The van der Waals surface area contributed by atoms with Crippen LogP contribution in [0.1, 0.15) is 21.5 Å². The predicted octanol–water partition coefficient (Wildman–Crippen LogP) is 4.84. The molecule has 0 saturated carbocycles. The molecule has 0 aromatic heterocycles. The van der Waals surface area contributed by atoms with E-state index in [1.807, 2.05) is 60.7 Å². The van der Waals surface area contributed by atoms with E-state index in [1.54, 1.807) is 30.3 Å². The first-order valence-corrected chi connectivity index (χ1v) is 11.9. The van der Waals surface area contributed by atoms with Crippen molar-refractivity contribution >= 4 is 32.4 Å². The maximum absolute atomic E-state index is 13.9. The van der Waals surface area contributed by atoms with Crippen LogP contribution < -0.4 is 5.32 Å². The van der Waals surface area contributed by atoms with Gasteiger partial charge in [0.1, 0.15) is 0 Å². The molecule has 0 saturated heterocycles. The van der Waals surface area contributed by atoms with E-state index in [0.29, 0.717) is 35.0 Å². The van der Waals surface area contributed by atoms with Crippen molar-refractivity contribution in [3.05, 3.63) is 108 Å². The molecule has 5 rings (SSSR count). The lowest BCUT2D eigenvalue weighted by molar-refractivity contribution is 0.103. The van der Waals surface area contributed by atoms with E-state index in [0.717, 1.165) is 11.1 Å². The molecule has 1 aliphatic heterocycles. The third kappa shape index (κ3) is 3.68. The van der Waals surface area contributed by atoms with Gasteiger partial charge in [0.05, 0.1) is 4.90 Å². The van der Waals surface area contributed by atoms with Gasteiger partial charge in [0.2, 0.25) is 10.0 Å². The molecule has 5 nitrogen and oxygen atoms in total. The topological polar surface area (TPSA) is 66.5 Å². The largest absolute Gasteiger partial charge is 0.321 e. The minimum atomic E-state index is -3.82. The van der Waals surface area contributed by atoms with Crippen molar-refractivity contribution in [3.63, 3.8) is 0 Å². The number of nitrogens with zero attached hydrogens (tertiary/aromatic N) is 1. The number of hydrogen-bond acceptors (Lipinski definition) is 3. The molecule has 0 radical (unpaired) electrons. The number of carbonyl (C=O) groups excluding carboxylic acids is 1. The van der Waals surface area contributed by atoms with Gasteiger partial charge < -0.3 is 5.32 Å². The van der Waals surface area contributed by atoms with E-state index >= 15 is 0 Å². The molecule has 4 aromatic carbocycles. The second-order valence-corrected chi connectivity index (χ2v) is 9.76. The first kappa shape index (κ1) is 20.4. The molecular formula is C26H22N2O3S. The van der Waals surface area contributed by atoms with Crippen LogP contribution in [0.15, 0.2) is 95.9 Å². The summed E-state index contributed by atoms with van der Waals surface area (Å²) < 4.78 is 29.4. The second kappa shape index (κ2) is 8.22. The van der Waals surface area contributed by atoms with E-state index in [1.165, 1.54) is 4.31 Å². The number of rotatable bonds is 7. The third-order valence-corrected chi connectivity index (χ3v) is 7.71. The van der Waals surface area contributed by atoms with Crippen LogP contribution >= 0.6 is 0 Å². The molecule has 32 heavy (non-hydrogen) atoms. The van der Waals surface area contributed by atoms with Crippen LogP contribution in [0.2, 0.25) is 0 Å². The van der Waals surface area contributed by atoms with E-state index in [4.69, 9.17) is 0 Å². The van der Waals surface area contributed by atoms with E-state index in [-0.39, 0.29) is 17.3 Å². The average Bonchev–Trinajstić information content (AvgIpc) is 3.15. The molecule has 0 spiro atoms. The predicted molar refractivity (Wildman–Crippen MR) is 126 cm³/mol. The zero-order valence-electron chi connectivity index (χ0n) is 17.4. The molecule has 1 aliphatic rings. The van der Waals surface area contributed by atoms with Crippen LogP contribution in [-0.2, 0) is 23.0 Å². The second-order valence-electron chi connectivity index (χ2n) is 7.85. The standard InChI is InChI=1S/C26H22N2O3S/c29-26-22-13-7-12-21-24(15-14-23(27-26)25(21)22)32(30,31)28(18-20-10-5-2-6-11-20)17-16-19-8-3-1-4-9-19/h1-15H,16-18H2,(H,27,29). The monoisotopic (exact) mass is 442 g/mol. The first-order chi connectivity index (χ1) is 15.5. The van der Waals surface area contributed by atoms with Crippen molar-refractivity contribution < 1.29 is 13.2 Å². The minimum Gasteiger partial charge on any atom is -0.321 e. The van der Waals surface area contributed by atoms with Crippen LogP contribution in [0, 0.1) is 0 Å². The number of benzene rings is 4. The summed E-state index contributed by atoms with van der Waals surface area (Å²) in [6.45, 7) is 0.622. The van der Waals surface area contributed by atoms with Gasteiger partial charge in [-0.15, -0.1) is 0 Å². The number of anilines is 1. The SMILES string of the molecule is O=C1Nc2ccc(S(=O)(=O)N(CCc3ccccc3)Cc3ccccc3)c3cccc1c23. The van der Waals surface area contributed by atoms with Gasteiger partial charge in [-0.2, -0.15) is 4.31 Å². The van der Waals surface area contributed by atoms with E-state index in [2.05, 4.69) is 5.32 Å². The number of amides is 1. The summed E-state index contributed by atoms with van der Waals surface area (Å²) in [5.74, 6) is -0.203. The highest BCUT2D eigenvalue weighted by Gasteiger charge is 2.30. The Balaban J connectivity index is 1.57. The molecule has 0 fully saturated rings. The van der Waals surface area contributed by atoms with Crippen LogP contribution in [0.25, 0.3) is 10.8 Å². The van der Waals surface area contributed by atoms with E-state index in [9.17, 15) is 13.2 Å². The molecule has 0 aliphatic carbocycles. The number of sulfonamides is 1. The highest BCUT2D eigenvalue weighted by atomic mass is 32.2. The summed E-state index contributed by atoms with van der Waals surface area (Å²) in [7, 11) is -3.82. The van der Waals surface area contributed by atoms with Gasteiger partial charge in [0, 0.05) is 35.1 Å². The van der Waals surface area contributed by atoms with Gasteiger partial charge in [0.25, 0.3) is 5.91 Å². The maximum atomic E-state index is 13.9. The number of hydrogen-bond donors (Lipinski definition) is 1. The fourth-order valence-electron chi connectivity index (χ4n) is 4.20. The van der Waals surface area contributed by atoms with Crippen molar-refractivity contribution in [2.24, 2.45) is 0 Å². The molecule has 0 unspecified atom stereocenters. The van der Waals surface area contributed by atoms with Crippen molar-refractivity contribution in [1.82, 2.24) is 4.31 Å². The van der Waals surface area contributed by atoms with Crippen molar-refractivity contribution in [2.75, 3.05) is 11.9 Å². The van der Waals surface area contributed by atoms with Crippen molar-refractivity contribution in [2.45, 2.75) is 17.9 Å². The number of nitrogens with one attached hydrogen (secondary N) is 1. The van der Waals surface area contributed by atoms with Gasteiger partial charge in [-0.3, -0.25) is 4.79 Å². The maximum Gasteiger partial charge on any atom is 0.256 e. The zero-order valence-corrected chi connectivity index (χ0v) is 18.2. The normalized spacial score (nSPS) is 13.0. The minimum absolute atomic E-state index is 0.203. The van der Waals surface area contributed by atoms with Crippen LogP contribution in [0.3, 0.4) is 0 Å². The average molecular weight is 443 g/mol. The Labute approximate surface area is 187 Å². The smallest absolute Gasteiger partial charge is 0.256 e. The molecule has 1 N–H and O–H groups in total. The summed E-state index contributed by atoms with van der Waals surface area (Å²) in [4.78, 5) is 12.5. The van der Waals surface area contributed by atoms with Gasteiger partial charge >= 0.3 is 0 Å². The summed E-state index contributed by atoms with van der Waals surface area (Å²) >= 11 is 0. The quantitative estimate of drug-likeness (QED) is 0.445. The van der Waals surface area contributed by atoms with Gasteiger partial charge in [-0.1, -0.05) is 72.8 Å². The van der Waals surface area contributed by atoms with E-state index < -0.39 is 10.0 Å². The Morgan fingerprint density at radius 2 is 1.44 bits per heavy atom. The number of carbonyl (C=O) groups is 1. The third-order valence-electron chi connectivity index (χ3n) is 5.81. The van der Waals surface area contributed by atoms with Crippen LogP contribution in [0.4, 0.5) is 5.69 Å². The fraction of sp³-hybridized carbons (Fsp3) is 0.115. The molecule has 1 amide bonds. The van der Waals surface area contributed by atoms with Crippen molar-refractivity contribution in [3.8, 4) is 0 Å². The van der Waals surface area contributed by atoms with Gasteiger partial charge in [-0.05, 0) is 35.7 Å². The van der Waals surface area contributed by atoms with Crippen molar-refractivity contribution in [1.29, 1.82) is 0 Å². The Morgan fingerprint density at radius 3 is 2.16 bits per heavy atom. The molecule has 0 bridgehead atoms. The van der Waals surface area contributed by atoms with Gasteiger partial charge in [-0.25, -0.2) is 8.42 Å². The zero-order chi connectivity index (χ0) is 22.1. The Kier molecular flexibility index (Phi) is 5.25. The molecule has 160 valence electrons.